The van der Waals surface area contributed by atoms with Crippen LogP contribution in [0.15, 0.2) is 48.5 Å². The topological polar surface area (TPSA) is 78.9 Å². The van der Waals surface area contributed by atoms with E-state index in [0.29, 0.717) is 28.9 Å². The van der Waals surface area contributed by atoms with Crippen molar-refractivity contribution in [2.45, 2.75) is 20.4 Å². The molecule has 2 aromatic carbocycles. The highest BCUT2D eigenvalue weighted by atomic mass is 35.5. The molecule has 148 valence electrons. The van der Waals surface area contributed by atoms with E-state index < -0.39 is 0 Å². The van der Waals surface area contributed by atoms with Crippen LogP contribution in [0.25, 0.3) is 33.8 Å². The van der Waals surface area contributed by atoms with Gasteiger partial charge in [-0.1, -0.05) is 49.7 Å². The second-order valence-corrected chi connectivity index (χ2v) is 7.62. The summed E-state index contributed by atoms with van der Waals surface area (Å²) in [6.45, 7) is 5.10. The number of para-hydroxylation sites is 2. The Kier molecular flexibility index (Phi) is 5.11. The first kappa shape index (κ1) is 19.2. The number of hydrogen-bond donors (Lipinski definition) is 1. The van der Waals surface area contributed by atoms with Crippen molar-refractivity contribution < 1.29 is 4.74 Å². The van der Waals surface area contributed by atoms with E-state index in [1.807, 2.05) is 48.5 Å². The second kappa shape index (κ2) is 7.72. The number of fused-ring (bicyclic) bond motifs is 1. The number of nitrogens with two attached hydrogens (primary N) is 1. The Morgan fingerprint density at radius 1 is 1.03 bits per heavy atom. The van der Waals surface area contributed by atoms with E-state index in [0.717, 1.165) is 23.1 Å². The van der Waals surface area contributed by atoms with Crippen molar-refractivity contribution in [3.63, 3.8) is 0 Å². The fourth-order valence-electron chi connectivity index (χ4n) is 3.35. The molecular weight excluding hydrogens is 386 g/mol. The molecule has 0 fully saturated rings. The molecule has 2 N–H and O–H groups in total. The van der Waals surface area contributed by atoms with Gasteiger partial charge in [-0.05, 0) is 30.2 Å². The number of imidazole rings is 1. The summed E-state index contributed by atoms with van der Waals surface area (Å²) in [7, 11) is 1.61. The lowest BCUT2D eigenvalue weighted by Gasteiger charge is -2.13. The van der Waals surface area contributed by atoms with Gasteiger partial charge in [0.05, 0.1) is 18.1 Å². The van der Waals surface area contributed by atoms with Gasteiger partial charge in [-0.15, -0.1) is 0 Å². The SMILES string of the molecule is COc1cccc(-c2nc(N)c(-c3nc4ccccc4n3CC(C)C)nc2Cl)c1. The van der Waals surface area contributed by atoms with E-state index in [2.05, 4.69) is 28.4 Å². The van der Waals surface area contributed by atoms with Crippen LogP contribution in [0.3, 0.4) is 0 Å². The zero-order valence-corrected chi connectivity index (χ0v) is 17.3. The molecule has 0 atom stereocenters. The Morgan fingerprint density at radius 2 is 1.83 bits per heavy atom. The van der Waals surface area contributed by atoms with Gasteiger partial charge in [-0.25, -0.2) is 15.0 Å². The van der Waals surface area contributed by atoms with Crippen molar-refractivity contribution in [1.29, 1.82) is 0 Å². The molecular formula is C22H22ClN5O. The normalized spacial score (nSPS) is 11.3. The van der Waals surface area contributed by atoms with E-state index in [-0.39, 0.29) is 11.0 Å². The molecule has 29 heavy (non-hydrogen) atoms. The van der Waals surface area contributed by atoms with E-state index in [1.54, 1.807) is 7.11 Å². The van der Waals surface area contributed by atoms with Crippen molar-refractivity contribution >= 4 is 28.5 Å². The third kappa shape index (κ3) is 3.63. The van der Waals surface area contributed by atoms with Crippen LogP contribution in [0.2, 0.25) is 5.15 Å². The van der Waals surface area contributed by atoms with E-state index in [9.17, 15) is 0 Å². The van der Waals surface area contributed by atoms with Crippen LogP contribution in [0.5, 0.6) is 5.75 Å². The van der Waals surface area contributed by atoms with Crippen LogP contribution < -0.4 is 10.5 Å². The number of nitrogens with zero attached hydrogens (tertiary/aromatic N) is 4. The first-order chi connectivity index (χ1) is 14.0. The smallest absolute Gasteiger partial charge is 0.163 e. The number of nitrogen functional groups attached to an aromatic ring is 1. The molecule has 7 heteroatoms. The number of rotatable bonds is 5. The number of hydrogen-bond acceptors (Lipinski definition) is 5. The Balaban J connectivity index is 1.87. The van der Waals surface area contributed by atoms with Crippen molar-refractivity contribution in [2.24, 2.45) is 5.92 Å². The maximum atomic E-state index is 6.53. The summed E-state index contributed by atoms with van der Waals surface area (Å²) in [5.41, 5.74) is 10.0. The maximum absolute atomic E-state index is 6.53. The average molecular weight is 408 g/mol. The molecule has 0 spiro atoms. The Labute approximate surface area is 174 Å². The molecule has 0 bridgehead atoms. The number of halogens is 1. The minimum Gasteiger partial charge on any atom is -0.497 e. The van der Waals surface area contributed by atoms with E-state index in [1.165, 1.54) is 0 Å². The van der Waals surface area contributed by atoms with Crippen molar-refractivity contribution in [2.75, 3.05) is 12.8 Å². The third-order valence-corrected chi connectivity index (χ3v) is 4.90. The lowest BCUT2D eigenvalue weighted by Crippen LogP contribution is -2.09. The number of anilines is 1. The summed E-state index contributed by atoms with van der Waals surface area (Å²) in [4.78, 5) is 13.9. The fraction of sp³-hybridized carbons (Fsp3) is 0.227. The molecule has 0 saturated carbocycles. The lowest BCUT2D eigenvalue weighted by atomic mass is 10.1. The third-order valence-electron chi connectivity index (χ3n) is 4.64. The molecule has 6 nitrogen and oxygen atoms in total. The quantitative estimate of drug-likeness (QED) is 0.500. The van der Waals surface area contributed by atoms with Gasteiger partial charge in [0.25, 0.3) is 0 Å². The number of ether oxygens (including phenoxy) is 1. The monoisotopic (exact) mass is 407 g/mol. The minimum atomic E-state index is 0.269. The molecule has 2 heterocycles. The summed E-state index contributed by atoms with van der Waals surface area (Å²) in [5.74, 6) is 2.09. The summed E-state index contributed by atoms with van der Waals surface area (Å²) in [6.07, 6.45) is 0. The van der Waals surface area contributed by atoms with Crippen LogP contribution >= 0.6 is 11.6 Å². The number of aromatic nitrogens is 4. The molecule has 0 aliphatic rings. The van der Waals surface area contributed by atoms with Gasteiger partial charge in [0.2, 0.25) is 0 Å². The molecule has 0 radical (unpaired) electrons. The van der Waals surface area contributed by atoms with Gasteiger partial charge >= 0.3 is 0 Å². The Hall–Kier alpha value is -3.12. The summed E-state index contributed by atoms with van der Waals surface area (Å²) >= 11 is 6.53. The Morgan fingerprint density at radius 3 is 2.59 bits per heavy atom. The van der Waals surface area contributed by atoms with Gasteiger partial charge < -0.3 is 15.0 Å². The van der Waals surface area contributed by atoms with Crippen molar-refractivity contribution in [3.05, 3.63) is 53.7 Å². The van der Waals surface area contributed by atoms with Gasteiger partial charge in [-0.3, -0.25) is 0 Å². The highest BCUT2D eigenvalue weighted by Crippen LogP contribution is 2.33. The van der Waals surface area contributed by atoms with E-state index >= 15 is 0 Å². The molecule has 4 rings (SSSR count). The Bertz CT molecular complexity index is 1190. The molecule has 0 unspecified atom stereocenters. The summed E-state index contributed by atoms with van der Waals surface area (Å²) < 4.78 is 7.42. The molecule has 2 aromatic heterocycles. The standard InChI is InChI=1S/C22H22ClN5O/c1-13(2)12-28-17-10-5-4-9-16(17)25-22(28)19-21(24)27-18(20(23)26-19)14-7-6-8-15(11-14)29-3/h4-11,13H,12H2,1-3H3,(H2,24,27). The number of methoxy groups -OCH3 is 1. The summed E-state index contributed by atoms with van der Waals surface area (Å²) in [6, 6.07) is 15.5. The molecule has 0 aliphatic heterocycles. The first-order valence-electron chi connectivity index (χ1n) is 9.41. The largest absolute Gasteiger partial charge is 0.497 e. The first-order valence-corrected chi connectivity index (χ1v) is 9.78. The highest BCUT2D eigenvalue weighted by molar-refractivity contribution is 6.32. The van der Waals surface area contributed by atoms with Crippen LogP contribution in [0.1, 0.15) is 13.8 Å². The van der Waals surface area contributed by atoms with Crippen LogP contribution in [0, 0.1) is 5.92 Å². The van der Waals surface area contributed by atoms with Crippen LogP contribution in [0.4, 0.5) is 5.82 Å². The zero-order chi connectivity index (χ0) is 20.5. The van der Waals surface area contributed by atoms with Crippen molar-refractivity contribution in [1.82, 2.24) is 19.5 Å². The van der Waals surface area contributed by atoms with Gasteiger partial charge in [-0.2, -0.15) is 0 Å². The highest BCUT2D eigenvalue weighted by Gasteiger charge is 2.20. The molecule has 0 amide bonds. The van der Waals surface area contributed by atoms with Gasteiger partial charge in [0.1, 0.15) is 17.1 Å². The van der Waals surface area contributed by atoms with Gasteiger partial charge in [0.15, 0.2) is 16.8 Å². The average Bonchev–Trinajstić information content (AvgIpc) is 3.07. The maximum Gasteiger partial charge on any atom is 0.163 e. The van der Waals surface area contributed by atoms with Gasteiger partial charge in [0, 0.05) is 12.1 Å². The molecule has 0 saturated heterocycles. The molecule has 0 aliphatic carbocycles. The predicted octanol–water partition coefficient (Wildman–Crippen LogP) is 5.06. The second-order valence-electron chi connectivity index (χ2n) is 7.26. The van der Waals surface area contributed by atoms with Crippen LogP contribution in [-0.2, 0) is 6.54 Å². The lowest BCUT2D eigenvalue weighted by molar-refractivity contribution is 0.415. The van der Waals surface area contributed by atoms with Crippen LogP contribution in [-0.4, -0.2) is 26.6 Å². The zero-order valence-electron chi connectivity index (χ0n) is 16.6. The van der Waals surface area contributed by atoms with Crippen molar-refractivity contribution in [3.8, 4) is 28.5 Å². The minimum absolute atomic E-state index is 0.269. The number of benzene rings is 2. The summed E-state index contributed by atoms with van der Waals surface area (Å²) in [5, 5.41) is 0.269. The predicted molar refractivity (Wildman–Crippen MR) is 117 cm³/mol. The molecule has 4 aromatic rings. The fourth-order valence-corrected chi connectivity index (χ4v) is 3.59. The van der Waals surface area contributed by atoms with E-state index in [4.69, 9.17) is 27.1 Å².